The highest BCUT2D eigenvalue weighted by Gasteiger charge is 2.26. The molecule has 4 rings (SSSR count). The predicted molar refractivity (Wildman–Crippen MR) is 89.7 cm³/mol. The Kier molecular flexibility index (Phi) is 3.63. The van der Waals surface area contributed by atoms with E-state index in [1.165, 1.54) is 12.4 Å². The van der Waals surface area contributed by atoms with Gasteiger partial charge >= 0.3 is 0 Å². The van der Waals surface area contributed by atoms with Gasteiger partial charge < -0.3 is 15.2 Å². The number of para-hydroxylation sites is 1. The summed E-state index contributed by atoms with van der Waals surface area (Å²) in [4.78, 5) is 21.7. The minimum absolute atomic E-state index is 0.0157. The van der Waals surface area contributed by atoms with E-state index in [4.69, 9.17) is 5.73 Å². The van der Waals surface area contributed by atoms with Gasteiger partial charge in [-0.15, -0.1) is 5.10 Å². The smallest absolute Gasteiger partial charge is 0.288 e. The standard InChI is InChI=1S/C16H18FN7O/c1-22-12-6-2-5-11(17)13(12)20-16(22)23-7-3-4-10(8-23)24-9-19-15(21-24)14(18)25/h2,5-6,9-10H,3-4,7-8H2,1H3,(H2,18,25)/t10-/m0/s1. The summed E-state index contributed by atoms with van der Waals surface area (Å²) in [5, 5.41) is 4.16. The molecule has 2 aromatic heterocycles. The fraction of sp³-hybridized carbons (Fsp3) is 0.375. The highest BCUT2D eigenvalue weighted by molar-refractivity contribution is 5.88. The Morgan fingerprint density at radius 1 is 1.40 bits per heavy atom. The molecule has 3 aromatic rings. The molecule has 0 aliphatic carbocycles. The van der Waals surface area contributed by atoms with Crippen molar-refractivity contribution >= 4 is 22.9 Å². The molecular formula is C16H18FN7O. The zero-order valence-corrected chi connectivity index (χ0v) is 13.8. The largest absolute Gasteiger partial charge is 0.363 e. The maximum Gasteiger partial charge on any atom is 0.288 e. The van der Waals surface area contributed by atoms with E-state index in [0.717, 1.165) is 30.9 Å². The number of hydrogen-bond donors (Lipinski definition) is 1. The van der Waals surface area contributed by atoms with Crippen LogP contribution in [0.1, 0.15) is 29.5 Å². The van der Waals surface area contributed by atoms with E-state index in [1.807, 2.05) is 17.7 Å². The predicted octanol–water partition coefficient (Wildman–Crippen LogP) is 1.24. The quantitative estimate of drug-likeness (QED) is 0.772. The van der Waals surface area contributed by atoms with Crippen LogP contribution in [0.3, 0.4) is 0 Å². The van der Waals surface area contributed by atoms with Crippen LogP contribution in [0, 0.1) is 5.82 Å². The van der Waals surface area contributed by atoms with E-state index in [0.29, 0.717) is 12.1 Å². The lowest BCUT2D eigenvalue weighted by Crippen LogP contribution is -2.38. The number of nitrogens with zero attached hydrogens (tertiary/aromatic N) is 6. The van der Waals surface area contributed by atoms with Crippen LogP contribution in [0.5, 0.6) is 0 Å². The van der Waals surface area contributed by atoms with Gasteiger partial charge in [0.25, 0.3) is 5.91 Å². The van der Waals surface area contributed by atoms with Crippen molar-refractivity contribution in [3.8, 4) is 0 Å². The molecule has 130 valence electrons. The lowest BCUT2D eigenvalue weighted by Gasteiger charge is -2.33. The Morgan fingerprint density at radius 2 is 2.24 bits per heavy atom. The van der Waals surface area contributed by atoms with Gasteiger partial charge in [-0.3, -0.25) is 4.79 Å². The molecule has 1 fully saturated rings. The minimum Gasteiger partial charge on any atom is -0.363 e. The first-order valence-electron chi connectivity index (χ1n) is 8.11. The number of nitrogens with two attached hydrogens (primary N) is 1. The van der Waals surface area contributed by atoms with Crippen molar-refractivity contribution in [1.29, 1.82) is 0 Å². The number of amides is 1. The summed E-state index contributed by atoms with van der Waals surface area (Å²) in [5.41, 5.74) is 6.35. The second-order valence-corrected chi connectivity index (χ2v) is 6.23. The number of halogens is 1. The van der Waals surface area contributed by atoms with E-state index in [9.17, 15) is 9.18 Å². The average Bonchev–Trinajstić information content (AvgIpc) is 3.22. The molecule has 2 N–H and O–H groups in total. The molecule has 3 heterocycles. The molecule has 0 saturated carbocycles. The Morgan fingerprint density at radius 3 is 2.96 bits per heavy atom. The van der Waals surface area contributed by atoms with Crippen LogP contribution < -0.4 is 10.6 Å². The third-order valence-corrected chi connectivity index (χ3v) is 4.62. The van der Waals surface area contributed by atoms with Crippen molar-refractivity contribution in [2.24, 2.45) is 12.8 Å². The fourth-order valence-electron chi connectivity index (χ4n) is 3.37. The summed E-state index contributed by atoms with van der Waals surface area (Å²) in [5.74, 6) is -0.227. The van der Waals surface area contributed by atoms with Gasteiger partial charge in [0.1, 0.15) is 11.8 Å². The van der Waals surface area contributed by atoms with Crippen molar-refractivity contribution in [3.05, 3.63) is 36.2 Å². The van der Waals surface area contributed by atoms with Gasteiger partial charge in [0.05, 0.1) is 11.6 Å². The third kappa shape index (κ3) is 2.61. The fourth-order valence-corrected chi connectivity index (χ4v) is 3.37. The summed E-state index contributed by atoms with van der Waals surface area (Å²) < 4.78 is 17.6. The summed E-state index contributed by atoms with van der Waals surface area (Å²) in [7, 11) is 1.88. The van der Waals surface area contributed by atoms with Crippen LogP contribution >= 0.6 is 0 Å². The number of carbonyl (C=O) groups excluding carboxylic acids is 1. The Balaban J connectivity index is 1.64. The molecule has 1 aliphatic rings. The maximum atomic E-state index is 14.0. The molecule has 1 aliphatic heterocycles. The number of benzene rings is 1. The summed E-state index contributed by atoms with van der Waals surface area (Å²) in [6.07, 6.45) is 3.38. The van der Waals surface area contributed by atoms with Crippen LogP contribution in [0.4, 0.5) is 10.3 Å². The number of fused-ring (bicyclic) bond motifs is 1. The Hall–Kier alpha value is -2.97. The van der Waals surface area contributed by atoms with Crippen molar-refractivity contribution < 1.29 is 9.18 Å². The molecule has 8 nitrogen and oxygen atoms in total. The number of carbonyl (C=O) groups is 1. The topological polar surface area (TPSA) is 94.9 Å². The Labute approximate surface area is 143 Å². The lowest BCUT2D eigenvalue weighted by molar-refractivity contribution is 0.0990. The number of rotatable bonds is 3. The summed E-state index contributed by atoms with van der Waals surface area (Å²) in [6.45, 7) is 1.48. The molecule has 0 bridgehead atoms. The van der Waals surface area contributed by atoms with Gasteiger partial charge in [-0.05, 0) is 25.0 Å². The van der Waals surface area contributed by atoms with Crippen molar-refractivity contribution in [2.75, 3.05) is 18.0 Å². The Bertz CT molecular complexity index is 947. The van der Waals surface area contributed by atoms with Gasteiger partial charge in [0.2, 0.25) is 11.8 Å². The molecule has 1 saturated heterocycles. The second-order valence-electron chi connectivity index (χ2n) is 6.23. The van der Waals surface area contributed by atoms with E-state index in [-0.39, 0.29) is 17.7 Å². The highest BCUT2D eigenvalue weighted by atomic mass is 19.1. The van der Waals surface area contributed by atoms with Gasteiger partial charge in [0, 0.05) is 20.1 Å². The number of hydrogen-bond acceptors (Lipinski definition) is 5. The molecular weight excluding hydrogens is 325 g/mol. The van der Waals surface area contributed by atoms with Gasteiger partial charge in [0.15, 0.2) is 5.82 Å². The number of anilines is 1. The molecule has 9 heteroatoms. The zero-order chi connectivity index (χ0) is 17.6. The average molecular weight is 343 g/mol. The molecule has 1 aromatic carbocycles. The normalized spacial score (nSPS) is 18.0. The summed E-state index contributed by atoms with van der Waals surface area (Å²) >= 11 is 0. The van der Waals surface area contributed by atoms with E-state index in [1.54, 1.807) is 10.7 Å². The molecule has 0 unspecified atom stereocenters. The number of piperidine rings is 1. The molecule has 1 atom stereocenters. The van der Waals surface area contributed by atoms with Crippen molar-refractivity contribution in [1.82, 2.24) is 24.3 Å². The molecule has 1 amide bonds. The van der Waals surface area contributed by atoms with Gasteiger partial charge in [-0.1, -0.05) is 6.07 Å². The molecule has 0 spiro atoms. The van der Waals surface area contributed by atoms with Gasteiger partial charge in [-0.25, -0.2) is 19.0 Å². The minimum atomic E-state index is -0.641. The lowest BCUT2D eigenvalue weighted by atomic mass is 10.1. The second kappa shape index (κ2) is 5.83. The number of aryl methyl sites for hydroxylation is 1. The number of primary amides is 1. The monoisotopic (exact) mass is 343 g/mol. The summed E-state index contributed by atoms with van der Waals surface area (Å²) in [6, 6.07) is 5.01. The number of imidazole rings is 1. The van der Waals surface area contributed by atoms with Crippen LogP contribution in [0.15, 0.2) is 24.5 Å². The highest BCUT2D eigenvalue weighted by Crippen LogP contribution is 2.28. The van der Waals surface area contributed by atoms with E-state index >= 15 is 0 Å². The first-order valence-corrected chi connectivity index (χ1v) is 8.11. The van der Waals surface area contributed by atoms with Crippen molar-refractivity contribution in [2.45, 2.75) is 18.9 Å². The van der Waals surface area contributed by atoms with E-state index in [2.05, 4.69) is 20.0 Å². The van der Waals surface area contributed by atoms with Crippen LogP contribution in [-0.4, -0.2) is 43.3 Å². The van der Waals surface area contributed by atoms with Crippen LogP contribution in [0.25, 0.3) is 11.0 Å². The first-order chi connectivity index (χ1) is 12.0. The van der Waals surface area contributed by atoms with Gasteiger partial charge in [-0.2, -0.15) is 0 Å². The SMILES string of the molecule is Cn1c(N2CCC[C@H](n3cnc(C(N)=O)n3)C2)nc2c(F)cccc21. The van der Waals surface area contributed by atoms with Crippen LogP contribution in [-0.2, 0) is 7.05 Å². The van der Waals surface area contributed by atoms with E-state index < -0.39 is 5.91 Å². The molecule has 25 heavy (non-hydrogen) atoms. The third-order valence-electron chi connectivity index (χ3n) is 4.62. The number of aromatic nitrogens is 5. The van der Waals surface area contributed by atoms with Crippen molar-refractivity contribution in [3.63, 3.8) is 0 Å². The molecule has 0 radical (unpaired) electrons. The maximum absolute atomic E-state index is 14.0. The zero-order valence-electron chi connectivity index (χ0n) is 13.8. The van der Waals surface area contributed by atoms with Crippen LogP contribution in [0.2, 0.25) is 0 Å². The first kappa shape index (κ1) is 15.6.